The maximum absolute atomic E-state index is 14.7. The van der Waals surface area contributed by atoms with Crippen LogP contribution in [0.5, 0.6) is 11.5 Å². The number of aromatic nitrogens is 2. The number of hydrogen-bond acceptors (Lipinski definition) is 2. The Morgan fingerprint density at radius 1 is 0.683 bits per heavy atom. The summed E-state index contributed by atoms with van der Waals surface area (Å²) in [5.74, 6) is 1.38. The maximum atomic E-state index is 14.7. The molecule has 1 aliphatic heterocycles. The van der Waals surface area contributed by atoms with Crippen LogP contribution in [-0.2, 0) is 37.3 Å². The predicted octanol–water partition coefficient (Wildman–Crippen LogP) is 14.7. The van der Waals surface area contributed by atoms with Gasteiger partial charge in [0.05, 0.1) is 12.1 Å². The minimum absolute atomic E-state index is 0. The van der Waals surface area contributed by atoms with E-state index in [1.165, 1.54) is 17.2 Å². The van der Waals surface area contributed by atoms with Gasteiger partial charge in [-0.25, -0.2) is 14.2 Å². The molecule has 0 fully saturated rings. The molecular weight excluding hydrogens is 961 g/mol. The van der Waals surface area contributed by atoms with E-state index in [1.54, 1.807) is 12.1 Å². The summed E-state index contributed by atoms with van der Waals surface area (Å²) in [6.07, 6.45) is 1.82. The van der Waals surface area contributed by atoms with Crippen LogP contribution < -0.4 is 13.9 Å². The smallest absolute Gasteiger partial charge is 0.509 e. The van der Waals surface area contributed by atoms with Crippen molar-refractivity contribution in [3.63, 3.8) is 0 Å². The molecule has 6 nitrogen and oxygen atoms in total. The van der Waals surface area contributed by atoms with Crippen LogP contribution in [0.4, 0.5) is 32.8 Å². The third-order valence-corrected chi connectivity index (χ3v) is 11.5. The van der Waals surface area contributed by atoms with Gasteiger partial charge < -0.3 is 9.30 Å². The fraction of sp³-hybridized carbons (Fsp3) is 0.218. The SMILES string of the molecule is [C-]#[N+]c1cccc(-c2cccc3c2[N+](c2cc(C(C)(C)C)cc(C(C)(C)C)c2)=C=[N+]3c2[c-]c(Oc3[c-]c4c(cc3)c3cc(F)ccc3n4-c3cc(C(C)(C)C)ccn3)ccc2)c1.[Pt+2]. The van der Waals surface area contributed by atoms with Crippen LogP contribution in [0.25, 0.3) is 43.6 Å². The Morgan fingerprint density at radius 3 is 2.10 bits per heavy atom. The molecule has 8 aromatic rings. The summed E-state index contributed by atoms with van der Waals surface area (Å²) in [4.78, 5) is 8.52. The number of para-hydroxylation sites is 1. The van der Waals surface area contributed by atoms with Gasteiger partial charge in [-0.1, -0.05) is 115 Å². The number of halogens is 1. The van der Waals surface area contributed by atoms with E-state index in [0.29, 0.717) is 17.2 Å². The van der Waals surface area contributed by atoms with Gasteiger partial charge in [-0.15, -0.1) is 23.6 Å². The number of rotatable bonds is 6. The first-order chi connectivity index (χ1) is 29.5. The van der Waals surface area contributed by atoms with Gasteiger partial charge in [0, 0.05) is 41.4 Å². The third-order valence-electron chi connectivity index (χ3n) is 11.5. The van der Waals surface area contributed by atoms with Crippen molar-refractivity contribution in [2.75, 3.05) is 0 Å². The molecule has 314 valence electrons. The molecule has 8 heteroatoms. The molecule has 0 bridgehead atoms. The molecule has 0 unspecified atom stereocenters. The van der Waals surface area contributed by atoms with E-state index in [2.05, 4.69) is 132 Å². The molecule has 0 amide bonds. The fourth-order valence-corrected chi connectivity index (χ4v) is 8.05. The molecule has 6 aromatic carbocycles. The number of ether oxygens (including phenoxy) is 1. The summed E-state index contributed by atoms with van der Waals surface area (Å²) >= 11 is 0. The van der Waals surface area contributed by atoms with Gasteiger partial charge in [0.25, 0.3) is 5.69 Å². The maximum Gasteiger partial charge on any atom is 2.00 e. The zero-order valence-corrected chi connectivity index (χ0v) is 39.2. The molecule has 63 heavy (non-hydrogen) atoms. The Hall–Kier alpha value is -6.44. The average molecular weight is 1010 g/mol. The zero-order chi connectivity index (χ0) is 43.7. The van der Waals surface area contributed by atoms with Crippen molar-refractivity contribution in [2.24, 2.45) is 0 Å². The van der Waals surface area contributed by atoms with Crippen LogP contribution in [0.15, 0.2) is 128 Å². The largest absolute Gasteiger partial charge is 2.00 e. The predicted molar refractivity (Wildman–Crippen MR) is 251 cm³/mol. The van der Waals surface area contributed by atoms with Crippen molar-refractivity contribution >= 4 is 56.3 Å². The minimum Gasteiger partial charge on any atom is -0.509 e. The van der Waals surface area contributed by atoms with E-state index in [4.69, 9.17) is 16.3 Å². The van der Waals surface area contributed by atoms with Crippen molar-refractivity contribution in [1.29, 1.82) is 0 Å². The van der Waals surface area contributed by atoms with Crippen LogP contribution in [-0.4, -0.2) is 15.6 Å². The molecule has 0 spiro atoms. The molecule has 0 saturated carbocycles. The second kappa shape index (κ2) is 16.0. The minimum atomic E-state index is -0.309. The van der Waals surface area contributed by atoms with Gasteiger partial charge in [0.15, 0.2) is 5.69 Å². The molecular formula is C55H48FN5OPt+2. The van der Waals surface area contributed by atoms with Gasteiger partial charge >= 0.3 is 32.8 Å². The Morgan fingerprint density at radius 2 is 1.38 bits per heavy atom. The monoisotopic (exact) mass is 1010 g/mol. The number of benzene rings is 6. The van der Waals surface area contributed by atoms with E-state index < -0.39 is 0 Å². The van der Waals surface area contributed by atoms with Gasteiger partial charge in [-0.2, -0.15) is 12.1 Å². The number of nitrogens with zero attached hydrogens (tertiary/aromatic N) is 5. The van der Waals surface area contributed by atoms with Crippen LogP contribution >= 0.6 is 0 Å². The van der Waals surface area contributed by atoms with Gasteiger partial charge in [-0.05, 0) is 90.9 Å². The molecule has 0 N–H and O–H groups in total. The van der Waals surface area contributed by atoms with Crippen molar-refractivity contribution in [3.8, 4) is 28.4 Å². The molecule has 0 aliphatic carbocycles. The summed E-state index contributed by atoms with van der Waals surface area (Å²) < 4.78 is 27.5. The summed E-state index contributed by atoms with van der Waals surface area (Å²) in [6.45, 7) is 27.7. The van der Waals surface area contributed by atoms with Crippen molar-refractivity contribution < 1.29 is 30.2 Å². The standard InChI is InChI=1S/C55H48FN5O.Pt/c1-53(2,3)36-24-25-58-51(30-36)61-48-23-20-39(56)31-47(48)46-22-21-44(33-50(46)61)62-43-17-12-16-41(32-43)59-34-60(42-28-37(54(4,5)6)27-38(29-42)55(7,8)9)52-45(18-13-19-49(52)59)35-14-11-15-40(26-35)57-10;/h11-31H,1-9H3;/q;+2. The molecule has 9 rings (SSSR count). The molecule has 0 atom stereocenters. The van der Waals surface area contributed by atoms with Gasteiger partial charge in [0.2, 0.25) is 5.69 Å². The average Bonchev–Trinajstić information content (AvgIpc) is 3.78. The quantitative estimate of drug-likeness (QED) is 0.123. The summed E-state index contributed by atoms with van der Waals surface area (Å²) in [6, 6.07) is 50.2. The number of hydrogen-bond donors (Lipinski definition) is 0. The van der Waals surface area contributed by atoms with Gasteiger partial charge in [0.1, 0.15) is 17.3 Å². The normalized spacial score (nSPS) is 12.7. The van der Waals surface area contributed by atoms with E-state index in [-0.39, 0.29) is 43.1 Å². The summed E-state index contributed by atoms with van der Waals surface area (Å²) in [7, 11) is 0. The van der Waals surface area contributed by atoms with Crippen molar-refractivity contribution in [2.45, 2.75) is 78.6 Å². The van der Waals surface area contributed by atoms with E-state index in [9.17, 15) is 4.39 Å². The summed E-state index contributed by atoms with van der Waals surface area (Å²) in [5, 5.41) is 1.61. The van der Waals surface area contributed by atoms with Crippen molar-refractivity contribution in [1.82, 2.24) is 18.7 Å². The Labute approximate surface area is 383 Å². The summed E-state index contributed by atoms with van der Waals surface area (Å²) in [5.41, 5.74) is 10.9. The molecule has 0 radical (unpaired) electrons. The van der Waals surface area contributed by atoms with Crippen LogP contribution in [0, 0.1) is 24.5 Å². The van der Waals surface area contributed by atoms with E-state index in [0.717, 1.165) is 67.1 Å². The van der Waals surface area contributed by atoms with Gasteiger partial charge in [-0.3, -0.25) is 0 Å². The topological polar surface area (TPSA) is 37.4 Å². The second-order valence-corrected chi connectivity index (χ2v) is 19.1. The van der Waals surface area contributed by atoms with Crippen LogP contribution in [0.1, 0.15) is 79.0 Å². The van der Waals surface area contributed by atoms with Crippen molar-refractivity contribution in [3.05, 3.63) is 174 Å². The first-order valence-corrected chi connectivity index (χ1v) is 20.9. The molecule has 0 saturated heterocycles. The number of fused-ring (bicyclic) bond motifs is 4. The van der Waals surface area contributed by atoms with E-state index in [1.807, 2.05) is 76.0 Å². The number of pyridine rings is 1. The molecule has 1 aliphatic rings. The van der Waals surface area contributed by atoms with Crippen LogP contribution in [0.2, 0.25) is 0 Å². The second-order valence-electron chi connectivity index (χ2n) is 19.1. The van der Waals surface area contributed by atoms with Crippen LogP contribution in [0.3, 0.4) is 0 Å². The zero-order valence-electron chi connectivity index (χ0n) is 37.0. The first-order valence-electron chi connectivity index (χ1n) is 20.9. The fourth-order valence-electron chi connectivity index (χ4n) is 8.05. The third kappa shape index (κ3) is 8.18. The first kappa shape index (κ1) is 43.2. The molecule has 2 aromatic heterocycles. The Kier molecular flexibility index (Phi) is 11.0. The Balaban J connectivity index is 0.00000544. The Bertz CT molecular complexity index is 3200. The van der Waals surface area contributed by atoms with E-state index >= 15 is 0 Å². The molecule has 3 heterocycles.